The molecule has 4 nitrogen and oxygen atoms in total. The normalized spacial score (nSPS) is 18.6. The number of anilines is 1. The van der Waals surface area contributed by atoms with Crippen LogP contribution in [0.15, 0.2) is 24.3 Å². The Bertz CT molecular complexity index is 409. The second-order valence-electron chi connectivity index (χ2n) is 5.25. The van der Waals surface area contributed by atoms with Crippen LogP contribution >= 0.6 is 0 Å². The molecule has 2 rings (SSSR count). The highest BCUT2D eigenvalue weighted by Gasteiger charge is 2.15. The van der Waals surface area contributed by atoms with Crippen molar-refractivity contribution in [2.45, 2.75) is 38.7 Å². The van der Waals surface area contributed by atoms with E-state index in [2.05, 4.69) is 24.5 Å². The number of ether oxygens (including phenoxy) is 1. The van der Waals surface area contributed by atoms with Crippen LogP contribution in [0.4, 0.5) is 10.5 Å². The number of hydrogen-bond acceptors (Lipinski definition) is 2. The van der Waals surface area contributed by atoms with E-state index in [4.69, 9.17) is 4.74 Å². The lowest BCUT2D eigenvalue weighted by Crippen LogP contribution is -2.35. The van der Waals surface area contributed by atoms with Crippen LogP contribution in [0.2, 0.25) is 0 Å². The predicted octanol–water partition coefficient (Wildman–Crippen LogP) is 3.11. The Balaban J connectivity index is 1.77. The van der Waals surface area contributed by atoms with Gasteiger partial charge in [0, 0.05) is 18.8 Å². The summed E-state index contributed by atoms with van der Waals surface area (Å²) in [4.78, 5) is 11.7. The van der Waals surface area contributed by atoms with E-state index in [0.29, 0.717) is 12.5 Å². The van der Waals surface area contributed by atoms with E-state index >= 15 is 0 Å². The zero-order chi connectivity index (χ0) is 13.7. The molecule has 1 saturated heterocycles. The summed E-state index contributed by atoms with van der Waals surface area (Å²) in [6, 6.07) is 7.77. The van der Waals surface area contributed by atoms with Crippen LogP contribution in [-0.2, 0) is 4.74 Å². The molecule has 2 N–H and O–H groups in total. The molecule has 1 fully saturated rings. The highest BCUT2D eigenvalue weighted by atomic mass is 16.5. The quantitative estimate of drug-likeness (QED) is 0.876. The monoisotopic (exact) mass is 262 g/mol. The van der Waals surface area contributed by atoms with Gasteiger partial charge in [0.1, 0.15) is 0 Å². The molecule has 1 atom stereocenters. The molecule has 4 heteroatoms. The van der Waals surface area contributed by atoms with Crippen molar-refractivity contribution in [3.8, 4) is 0 Å². The minimum atomic E-state index is -0.173. The van der Waals surface area contributed by atoms with Gasteiger partial charge >= 0.3 is 6.03 Å². The van der Waals surface area contributed by atoms with E-state index in [1.807, 2.05) is 24.3 Å². The summed E-state index contributed by atoms with van der Waals surface area (Å²) in [6.45, 7) is 5.69. The first kappa shape index (κ1) is 13.9. The minimum absolute atomic E-state index is 0.173. The van der Waals surface area contributed by atoms with Gasteiger partial charge in [-0.05, 0) is 36.5 Å². The molecule has 0 saturated carbocycles. The smallest absolute Gasteiger partial charge is 0.319 e. The zero-order valence-electron chi connectivity index (χ0n) is 11.6. The van der Waals surface area contributed by atoms with Crippen molar-refractivity contribution in [2.24, 2.45) is 0 Å². The first-order chi connectivity index (χ1) is 9.15. The van der Waals surface area contributed by atoms with E-state index < -0.39 is 0 Å². The fraction of sp³-hybridized carbons (Fsp3) is 0.533. The molecule has 0 spiro atoms. The molecule has 1 aromatic carbocycles. The van der Waals surface area contributed by atoms with Gasteiger partial charge in [0.25, 0.3) is 0 Å². The summed E-state index contributed by atoms with van der Waals surface area (Å²) in [6.07, 6.45) is 2.29. The molecular formula is C15H22N2O2. The average molecular weight is 262 g/mol. The Kier molecular flexibility index (Phi) is 4.80. The summed E-state index contributed by atoms with van der Waals surface area (Å²) < 4.78 is 5.45. The van der Waals surface area contributed by atoms with E-state index in [1.54, 1.807) is 0 Å². The average Bonchev–Trinajstić information content (AvgIpc) is 2.90. The van der Waals surface area contributed by atoms with Crippen molar-refractivity contribution in [3.05, 3.63) is 29.8 Å². The number of urea groups is 1. The lowest BCUT2D eigenvalue weighted by Gasteiger charge is -2.12. The third-order valence-electron chi connectivity index (χ3n) is 3.35. The van der Waals surface area contributed by atoms with Gasteiger partial charge in [-0.25, -0.2) is 4.79 Å². The SMILES string of the molecule is CC(C)c1ccc(NC(=O)NC[C@H]2CCCO2)cc1. The van der Waals surface area contributed by atoms with E-state index in [9.17, 15) is 4.79 Å². The summed E-state index contributed by atoms with van der Waals surface area (Å²) in [7, 11) is 0. The fourth-order valence-electron chi connectivity index (χ4n) is 2.14. The van der Waals surface area contributed by atoms with Crippen molar-refractivity contribution in [1.82, 2.24) is 5.32 Å². The Morgan fingerprint density at radius 1 is 1.37 bits per heavy atom. The number of nitrogens with one attached hydrogen (secondary N) is 2. The van der Waals surface area contributed by atoms with Crippen LogP contribution in [-0.4, -0.2) is 25.3 Å². The van der Waals surface area contributed by atoms with E-state index in [0.717, 1.165) is 25.1 Å². The highest BCUT2D eigenvalue weighted by molar-refractivity contribution is 5.89. The Hall–Kier alpha value is -1.55. The molecule has 0 unspecified atom stereocenters. The van der Waals surface area contributed by atoms with Crippen LogP contribution in [0, 0.1) is 0 Å². The molecule has 0 aromatic heterocycles. The largest absolute Gasteiger partial charge is 0.376 e. The molecule has 2 amide bonds. The summed E-state index contributed by atoms with van der Waals surface area (Å²) in [5.74, 6) is 0.502. The zero-order valence-corrected chi connectivity index (χ0v) is 11.6. The van der Waals surface area contributed by atoms with E-state index in [-0.39, 0.29) is 12.1 Å². The second kappa shape index (κ2) is 6.57. The van der Waals surface area contributed by atoms with Crippen molar-refractivity contribution in [2.75, 3.05) is 18.5 Å². The van der Waals surface area contributed by atoms with E-state index in [1.165, 1.54) is 5.56 Å². The minimum Gasteiger partial charge on any atom is -0.376 e. The first-order valence-corrected chi connectivity index (χ1v) is 6.91. The fourth-order valence-corrected chi connectivity index (χ4v) is 2.14. The molecule has 1 aliphatic rings. The van der Waals surface area contributed by atoms with Gasteiger partial charge in [0.15, 0.2) is 0 Å². The molecular weight excluding hydrogens is 240 g/mol. The van der Waals surface area contributed by atoms with Crippen LogP contribution in [0.5, 0.6) is 0 Å². The highest BCUT2D eigenvalue weighted by Crippen LogP contribution is 2.17. The van der Waals surface area contributed by atoms with Crippen molar-refractivity contribution >= 4 is 11.7 Å². The summed E-state index contributed by atoms with van der Waals surface area (Å²) in [5, 5.41) is 5.66. The molecule has 0 aliphatic carbocycles. The van der Waals surface area contributed by atoms with Crippen molar-refractivity contribution in [3.63, 3.8) is 0 Å². The molecule has 19 heavy (non-hydrogen) atoms. The van der Waals surface area contributed by atoms with Crippen LogP contribution in [0.3, 0.4) is 0 Å². The predicted molar refractivity (Wildman–Crippen MR) is 76.5 cm³/mol. The van der Waals surface area contributed by atoms with Gasteiger partial charge < -0.3 is 15.4 Å². The number of carbonyl (C=O) groups is 1. The number of carbonyl (C=O) groups excluding carboxylic acids is 1. The first-order valence-electron chi connectivity index (χ1n) is 6.91. The maximum Gasteiger partial charge on any atom is 0.319 e. The van der Waals surface area contributed by atoms with Gasteiger partial charge in [0.2, 0.25) is 0 Å². The van der Waals surface area contributed by atoms with Gasteiger partial charge in [0.05, 0.1) is 6.10 Å². The maximum absolute atomic E-state index is 11.7. The van der Waals surface area contributed by atoms with Crippen molar-refractivity contribution in [1.29, 1.82) is 0 Å². The number of benzene rings is 1. The Morgan fingerprint density at radius 3 is 2.68 bits per heavy atom. The Morgan fingerprint density at radius 2 is 2.11 bits per heavy atom. The standard InChI is InChI=1S/C15H22N2O2/c1-11(2)12-5-7-13(8-6-12)17-15(18)16-10-14-4-3-9-19-14/h5-8,11,14H,3-4,9-10H2,1-2H3,(H2,16,17,18)/t14-/m1/s1. The molecule has 1 aliphatic heterocycles. The molecule has 0 bridgehead atoms. The van der Waals surface area contributed by atoms with Crippen LogP contribution < -0.4 is 10.6 Å². The summed E-state index contributed by atoms with van der Waals surface area (Å²) in [5.41, 5.74) is 2.08. The number of hydrogen-bond donors (Lipinski definition) is 2. The van der Waals surface area contributed by atoms with Crippen LogP contribution in [0.1, 0.15) is 38.2 Å². The molecule has 0 radical (unpaired) electrons. The Labute approximate surface area is 114 Å². The molecule has 104 valence electrons. The molecule has 1 heterocycles. The maximum atomic E-state index is 11.7. The van der Waals surface area contributed by atoms with Crippen molar-refractivity contribution < 1.29 is 9.53 Å². The van der Waals surface area contributed by atoms with Gasteiger partial charge in [-0.3, -0.25) is 0 Å². The second-order valence-corrected chi connectivity index (χ2v) is 5.25. The lowest BCUT2D eigenvalue weighted by atomic mass is 10.0. The molecule has 1 aromatic rings. The van der Waals surface area contributed by atoms with Gasteiger partial charge in [-0.1, -0.05) is 26.0 Å². The van der Waals surface area contributed by atoms with Gasteiger partial charge in [-0.2, -0.15) is 0 Å². The number of amides is 2. The summed E-state index contributed by atoms with van der Waals surface area (Å²) >= 11 is 0. The third-order valence-corrected chi connectivity index (χ3v) is 3.35. The van der Waals surface area contributed by atoms with Crippen LogP contribution in [0.25, 0.3) is 0 Å². The van der Waals surface area contributed by atoms with Gasteiger partial charge in [-0.15, -0.1) is 0 Å². The third kappa shape index (κ3) is 4.24. The lowest BCUT2D eigenvalue weighted by molar-refractivity contribution is 0.112. The number of rotatable bonds is 4. The topological polar surface area (TPSA) is 50.4 Å².